The number of nitrogens with one attached hydrogen (secondary N) is 1. The Morgan fingerprint density at radius 3 is 2.57 bits per heavy atom. The lowest BCUT2D eigenvalue weighted by Gasteiger charge is -2.26. The quantitative estimate of drug-likeness (QED) is 0.757. The normalized spacial score (nSPS) is 15.8. The smallest absolute Gasteiger partial charge is 0.215 e. The maximum Gasteiger partial charge on any atom is 0.215 e. The maximum absolute atomic E-state index is 12.0. The average Bonchev–Trinajstić information content (AvgIpc) is 2.46. The van der Waals surface area contributed by atoms with Gasteiger partial charge in [0, 0.05) is 32.4 Å². The first-order chi connectivity index (χ1) is 9.18. The Hall–Kier alpha value is -0.440. The van der Waals surface area contributed by atoms with E-state index < -0.39 is 10.0 Å². The van der Waals surface area contributed by atoms with Crippen LogP contribution in [-0.4, -0.2) is 56.3 Å². The molecule has 2 rings (SSSR count). The van der Waals surface area contributed by atoms with Crippen LogP contribution in [0, 0.1) is 0 Å². The number of hydrogen-bond acceptors (Lipinski definition) is 5. The molecule has 1 aliphatic rings. The minimum absolute atomic E-state index is 0. The van der Waals surface area contributed by atoms with Gasteiger partial charge in [0.2, 0.25) is 10.0 Å². The SMILES string of the molecule is Cl.Cl.O=S(=O)(CCNCc1ccccn1)N1CCOCC1. The standard InChI is InChI=1S/C12H19N3O3S.2ClH/c16-19(17,15-6-8-18-9-7-15)10-5-13-11-12-3-1-2-4-14-12;;/h1-4,13H,5-11H2;2*1H. The highest BCUT2D eigenvalue weighted by molar-refractivity contribution is 7.89. The van der Waals surface area contributed by atoms with Crippen molar-refractivity contribution in [1.82, 2.24) is 14.6 Å². The number of hydrogen-bond donors (Lipinski definition) is 1. The van der Waals surface area contributed by atoms with Crippen molar-refractivity contribution >= 4 is 34.8 Å². The summed E-state index contributed by atoms with van der Waals surface area (Å²) in [6.45, 7) is 2.90. The molecule has 1 aromatic rings. The molecule has 1 aliphatic heterocycles. The molecular weight excluding hydrogens is 337 g/mol. The van der Waals surface area contributed by atoms with Crippen molar-refractivity contribution in [3.8, 4) is 0 Å². The summed E-state index contributed by atoms with van der Waals surface area (Å²) in [4.78, 5) is 4.16. The molecule has 2 heterocycles. The first-order valence-corrected chi connectivity index (χ1v) is 7.95. The van der Waals surface area contributed by atoms with Gasteiger partial charge in [0.25, 0.3) is 0 Å². The molecule has 1 saturated heterocycles. The first-order valence-electron chi connectivity index (χ1n) is 6.35. The fourth-order valence-electron chi connectivity index (χ4n) is 1.87. The fourth-order valence-corrected chi connectivity index (χ4v) is 3.24. The second-order valence-corrected chi connectivity index (χ2v) is 6.41. The molecule has 0 radical (unpaired) electrons. The average molecular weight is 358 g/mol. The van der Waals surface area contributed by atoms with E-state index in [0.29, 0.717) is 39.4 Å². The number of ether oxygens (including phenoxy) is 1. The Kier molecular flexibility index (Phi) is 10.1. The minimum atomic E-state index is -3.17. The van der Waals surface area contributed by atoms with Gasteiger partial charge in [-0.15, -0.1) is 24.8 Å². The minimum Gasteiger partial charge on any atom is -0.379 e. The van der Waals surface area contributed by atoms with Crippen LogP contribution in [0.5, 0.6) is 0 Å². The maximum atomic E-state index is 12.0. The number of halogens is 2. The van der Waals surface area contributed by atoms with Crippen molar-refractivity contribution in [2.75, 3.05) is 38.6 Å². The lowest BCUT2D eigenvalue weighted by molar-refractivity contribution is 0.0730. The van der Waals surface area contributed by atoms with Crippen molar-refractivity contribution in [1.29, 1.82) is 0 Å². The molecule has 9 heteroatoms. The topological polar surface area (TPSA) is 71.5 Å². The summed E-state index contributed by atoms with van der Waals surface area (Å²) in [5.74, 6) is 0.111. The molecule has 0 aliphatic carbocycles. The van der Waals surface area contributed by atoms with Crippen LogP contribution in [0.2, 0.25) is 0 Å². The molecule has 21 heavy (non-hydrogen) atoms. The summed E-state index contributed by atoms with van der Waals surface area (Å²) >= 11 is 0. The molecule has 6 nitrogen and oxygen atoms in total. The van der Waals surface area contributed by atoms with Crippen molar-refractivity contribution in [2.24, 2.45) is 0 Å². The summed E-state index contributed by atoms with van der Waals surface area (Å²) in [7, 11) is -3.17. The predicted molar refractivity (Wildman–Crippen MR) is 86.6 cm³/mol. The molecule has 0 saturated carbocycles. The highest BCUT2D eigenvalue weighted by Gasteiger charge is 2.23. The third kappa shape index (κ3) is 6.90. The van der Waals surface area contributed by atoms with Crippen LogP contribution >= 0.6 is 24.8 Å². The largest absolute Gasteiger partial charge is 0.379 e. The van der Waals surface area contributed by atoms with Gasteiger partial charge in [0.1, 0.15) is 0 Å². The van der Waals surface area contributed by atoms with Crippen LogP contribution in [0.25, 0.3) is 0 Å². The van der Waals surface area contributed by atoms with Gasteiger partial charge >= 0.3 is 0 Å². The van der Waals surface area contributed by atoms with E-state index in [1.807, 2.05) is 18.2 Å². The second-order valence-electron chi connectivity index (χ2n) is 4.33. The number of rotatable bonds is 6. The Labute approximate surface area is 138 Å². The molecule has 1 fully saturated rings. The summed E-state index contributed by atoms with van der Waals surface area (Å²) in [5.41, 5.74) is 0.909. The Bertz CT molecular complexity index is 482. The number of aromatic nitrogens is 1. The molecule has 0 bridgehead atoms. The van der Waals surface area contributed by atoms with Crippen LogP contribution in [0.4, 0.5) is 0 Å². The van der Waals surface area contributed by atoms with Crippen molar-refractivity contribution < 1.29 is 13.2 Å². The summed E-state index contributed by atoms with van der Waals surface area (Å²) in [6.07, 6.45) is 1.72. The zero-order valence-corrected chi connectivity index (χ0v) is 14.1. The summed E-state index contributed by atoms with van der Waals surface area (Å²) in [5, 5.41) is 3.10. The van der Waals surface area contributed by atoms with Gasteiger partial charge in [-0.25, -0.2) is 8.42 Å². The molecule has 0 atom stereocenters. The van der Waals surface area contributed by atoms with Gasteiger partial charge in [0.05, 0.1) is 24.7 Å². The third-order valence-corrected chi connectivity index (χ3v) is 4.80. The van der Waals surface area contributed by atoms with Gasteiger partial charge in [-0.3, -0.25) is 4.98 Å². The lowest BCUT2D eigenvalue weighted by atomic mass is 10.3. The van der Waals surface area contributed by atoms with E-state index in [0.717, 1.165) is 5.69 Å². The van der Waals surface area contributed by atoms with E-state index >= 15 is 0 Å². The van der Waals surface area contributed by atoms with Gasteiger partial charge < -0.3 is 10.1 Å². The number of pyridine rings is 1. The van der Waals surface area contributed by atoms with Crippen molar-refractivity contribution in [3.63, 3.8) is 0 Å². The molecular formula is C12H21Cl2N3O3S. The highest BCUT2D eigenvalue weighted by Crippen LogP contribution is 2.05. The Morgan fingerprint density at radius 2 is 1.95 bits per heavy atom. The molecule has 0 aromatic carbocycles. The van der Waals surface area contributed by atoms with Crippen LogP contribution in [-0.2, 0) is 21.3 Å². The molecule has 122 valence electrons. The van der Waals surface area contributed by atoms with Crippen molar-refractivity contribution in [2.45, 2.75) is 6.54 Å². The van der Waals surface area contributed by atoms with E-state index in [1.165, 1.54) is 4.31 Å². The lowest BCUT2D eigenvalue weighted by Crippen LogP contribution is -2.43. The number of morpholine rings is 1. The van der Waals surface area contributed by atoms with Crippen LogP contribution in [0.15, 0.2) is 24.4 Å². The summed E-state index contributed by atoms with van der Waals surface area (Å²) < 4.78 is 30.7. The van der Waals surface area contributed by atoms with Crippen LogP contribution in [0.1, 0.15) is 5.69 Å². The predicted octanol–water partition coefficient (Wildman–Crippen LogP) is 0.677. The molecule has 1 N–H and O–H groups in total. The number of nitrogens with zero attached hydrogens (tertiary/aromatic N) is 2. The van der Waals surface area contributed by atoms with Crippen molar-refractivity contribution in [3.05, 3.63) is 30.1 Å². The third-order valence-electron chi connectivity index (χ3n) is 2.93. The molecule has 0 unspecified atom stereocenters. The zero-order chi connectivity index (χ0) is 13.6. The van der Waals surface area contributed by atoms with E-state index in [1.54, 1.807) is 6.20 Å². The monoisotopic (exact) mass is 357 g/mol. The number of sulfonamides is 1. The van der Waals surface area contributed by atoms with E-state index in [9.17, 15) is 8.42 Å². The van der Waals surface area contributed by atoms with Gasteiger partial charge in [-0.05, 0) is 12.1 Å². The van der Waals surface area contributed by atoms with Crippen LogP contribution in [0.3, 0.4) is 0 Å². The molecule has 1 aromatic heterocycles. The summed E-state index contributed by atoms with van der Waals surface area (Å²) in [6, 6.07) is 5.67. The molecule has 0 amide bonds. The van der Waals surface area contributed by atoms with E-state index in [-0.39, 0.29) is 30.6 Å². The Morgan fingerprint density at radius 1 is 1.24 bits per heavy atom. The Balaban J connectivity index is 0.00000200. The van der Waals surface area contributed by atoms with Gasteiger partial charge in [-0.1, -0.05) is 6.07 Å². The van der Waals surface area contributed by atoms with Crippen LogP contribution < -0.4 is 5.32 Å². The van der Waals surface area contributed by atoms with Gasteiger partial charge in [-0.2, -0.15) is 4.31 Å². The van der Waals surface area contributed by atoms with E-state index in [4.69, 9.17) is 4.74 Å². The highest BCUT2D eigenvalue weighted by atomic mass is 35.5. The fraction of sp³-hybridized carbons (Fsp3) is 0.583. The molecule has 0 spiro atoms. The van der Waals surface area contributed by atoms with E-state index in [2.05, 4.69) is 10.3 Å². The first kappa shape index (κ1) is 20.6. The van der Waals surface area contributed by atoms with Gasteiger partial charge in [0.15, 0.2) is 0 Å². The second kappa shape index (κ2) is 10.3. The zero-order valence-electron chi connectivity index (χ0n) is 11.6.